The number of H-pyrrole nitrogens is 1. The van der Waals surface area contributed by atoms with E-state index >= 15 is 0 Å². The number of aryl methyl sites for hydroxylation is 1. The van der Waals surface area contributed by atoms with Gasteiger partial charge in [-0.25, -0.2) is 0 Å². The maximum absolute atomic E-state index is 11.7. The second kappa shape index (κ2) is 3.08. The summed E-state index contributed by atoms with van der Waals surface area (Å²) < 4.78 is 2.51. The van der Waals surface area contributed by atoms with Crippen molar-refractivity contribution in [3.8, 4) is 0 Å². The van der Waals surface area contributed by atoms with Crippen LogP contribution in [0.15, 0.2) is 10.9 Å². The SMILES string of the molecule is Cn1c([N+](C)(C)C)cc2c(=O)[nH]c(N)nc21. The van der Waals surface area contributed by atoms with E-state index in [1.165, 1.54) is 0 Å². The van der Waals surface area contributed by atoms with Crippen molar-refractivity contribution in [2.24, 2.45) is 7.05 Å². The van der Waals surface area contributed by atoms with Crippen LogP contribution >= 0.6 is 0 Å². The van der Waals surface area contributed by atoms with Gasteiger partial charge in [0.25, 0.3) is 5.56 Å². The molecule has 3 N–H and O–H groups in total. The number of aromatic nitrogens is 3. The first-order chi connectivity index (χ1) is 7.30. The Morgan fingerprint density at radius 1 is 1.44 bits per heavy atom. The van der Waals surface area contributed by atoms with Crippen LogP contribution < -0.4 is 15.8 Å². The Bertz CT molecular complexity index is 602. The monoisotopic (exact) mass is 222 g/mol. The van der Waals surface area contributed by atoms with E-state index in [1.807, 2.05) is 38.8 Å². The highest BCUT2D eigenvalue weighted by molar-refractivity contribution is 5.81. The van der Waals surface area contributed by atoms with Crippen molar-refractivity contribution >= 4 is 22.8 Å². The molecule has 0 aliphatic carbocycles. The van der Waals surface area contributed by atoms with E-state index in [2.05, 4.69) is 9.97 Å². The van der Waals surface area contributed by atoms with Gasteiger partial charge in [-0.2, -0.15) is 4.98 Å². The number of hydrogen-bond donors (Lipinski definition) is 2. The van der Waals surface area contributed by atoms with E-state index in [4.69, 9.17) is 5.73 Å². The number of quaternary nitrogens is 1. The minimum absolute atomic E-state index is 0.145. The second-order valence-electron chi connectivity index (χ2n) is 4.76. The van der Waals surface area contributed by atoms with Gasteiger partial charge in [-0.05, 0) is 0 Å². The lowest BCUT2D eigenvalue weighted by molar-refractivity contribution is 0.461. The Hall–Kier alpha value is -1.82. The first-order valence-electron chi connectivity index (χ1n) is 4.98. The van der Waals surface area contributed by atoms with Crippen molar-refractivity contribution in [3.63, 3.8) is 0 Å². The van der Waals surface area contributed by atoms with Crippen LogP contribution in [0.2, 0.25) is 0 Å². The largest absolute Gasteiger partial charge is 0.369 e. The fraction of sp³-hybridized carbons (Fsp3) is 0.400. The number of nitrogens with two attached hydrogens (primary N) is 1. The van der Waals surface area contributed by atoms with Crippen LogP contribution in [0.25, 0.3) is 11.0 Å². The molecule has 0 radical (unpaired) electrons. The second-order valence-corrected chi connectivity index (χ2v) is 4.76. The molecule has 0 aliphatic rings. The van der Waals surface area contributed by atoms with Crippen molar-refractivity contribution in [1.29, 1.82) is 0 Å². The normalized spacial score (nSPS) is 12.2. The number of aromatic amines is 1. The molecule has 0 bridgehead atoms. The number of nitrogens with one attached hydrogen (secondary N) is 1. The molecular formula is C10H16N5O+. The van der Waals surface area contributed by atoms with Gasteiger partial charge in [0, 0.05) is 13.1 Å². The van der Waals surface area contributed by atoms with Crippen molar-refractivity contribution in [2.75, 3.05) is 26.9 Å². The van der Waals surface area contributed by atoms with Crippen molar-refractivity contribution in [2.45, 2.75) is 0 Å². The predicted molar refractivity (Wildman–Crippen MR) is 65.3 cm³/mol. The smallest absolute Gasteiger partial charge is 0.262 e. The summed E-state index contributed by atoms with van der Waals surface area (Å²) in [5, 5.41) is 0.569. The molecule has 0 fully saturated rings. The molecule has 2 rings (SSSR count). The predicted octanol–water partition coefficient (Wildman–Crippen LogP) is 0.0405. The Morgan fingerprint density at radius 3 is 2.62 bits per heavy atom. The highest BCUT2D eigenvalue weighted by Crippen LogP contribution is 2.23. The summed E-state index contributed by atoms with van der Waals surface area (Å²) in [6.07, 6.45) is 0. The lowest BCUT2D eigenvalue weighted by Gasteiger charge is -2.23. The molecule has 0 saturated heterocycles. The average molecular weight is 222 g/mol. The Morgan fingerprint density at radius 2 is 2.06 bits per heavy atom. The topological polar surface area (TPSA) is 76.7 Å². The van der Waals surface area contributed by atoms with Crippen molar-refractivity contribution in [1.82, 2.24) is 19.0 Å². The number of hydrogen-bond acceptors (Lipinski definition) is 3. The van der Waals surface area contributed by atoms with Gasteiger partial charge >= 0.3 is 0 Å². The molecule has 6 heteroatoms. The van der Waals surface area contributed by atoms with Gasteiger partial charge in [-0.15, -0.1) is 0 Å². The van der Waals surface area contributed by atoms with Gasteiger partial charge in [0.05, 0.1) is 26.5 Å². The van der Waals surface area contributed by atoms with Crippen LogP contribution in [0.4, 0.5) is 11.8 Å². The Kier molecular flexibility index (Phi) is 2.06. The molecular weight excluding hydrogens is 206 g/mol. The Labute approximate surface area is 92.9 Å². The first-order valence-corrected chi connectivity index (χ1v) is 4.98. The van der Waals surface area contributed by atoms with E-state index in [1.54, 1.807) is 0 Å². The van der Waals surface area contributed by atoms with E-state index in [0.29, 0.717) is 15.5 Å². The zero-order chi connectivity index (χ0) is 12.1. The van der Waals surface area contributed by atoms with E-state index in [0.717, 1.165) is 5.82 Å². The van der Waals surface area contributed by atoms with E-state index < -0.39 is 0 Å². The molecule has 0 saturated carbocycles. The molecule has 0 aromatic carbocycles. The van der Waals surface area contributed by atoms with Gasteiger partial charge < -0.3 is 5.73 Å². The lowest BCUT2D eigenvalue weighted by Crippen LogP contribution is -2.36. The van der Waals surface area contributed by atoms with Crippen LogP contribution in [0.3, 0.4) is 0 Å². The quantitative estimate of drug-likeness (QED) is 0.669. The third-order valence-corrected chi connectivity index (χ3v) is 2.58. The summed E-state index contributed by atoms with van der Waals surface area (Å²) >= 11 is 0. The van der Waals surface area contributed by atoms with Gasteiger partial charge in [0.1, 0.15) is 0 Å². The molecule has 2 heterocycles. The average Bonchev–Trinajstić information content (AvgIpc) is 2.43. The van der Waals surface area contributed by atoms with Crippen LogP contribution in [0.1, 0.15) is 0 Å². The van der Waals surface area contributed by atoms with Crippen molar-refractivity contribution < 1.29 is 0 Å². The van der Waals surface area contributed by atoms with Crippen LogP contribution in [0, 0.1) is 0 Å². The minimum atomic E-state index is -0.196. The number of nitrogens with zero attached hydrogens (tertiary/aromatic N) is 3. The first kappa shape index (κ1) is 10.7. The molecule has 0 amide bonds. The zero-order valence-electron chi connectivity index (χ0n) is 9.90. The van der Waals surface area contributed by atoms with Crippen LogP contribution in [-0.4, -0.2) is 35.7 Å². The Balaban J connectivity index is 2.89. The molecule has 2 aromatic rings. The molecule has 2 aromatic heterocycles. The molecule has 0 aliphatic heterocycles. The summed E-state index contributed by atoms with van der Waals surface area (Å²) in [6, 6.07) is 1.85. The number of anilines is 1. The molecule has 86 valence electrons. The van der Waals surface area contributed by atoms with E-state index in [9.17, 15) is 4.79 Å². The number of fused-ring (bicyclic) bond motifs is 1. The highest BCUT2D eigenvalue weighted by atomic mass is 16.1. The lowest BCUT2D eigenvalue weighted by atomic mass is 10.4. The maximum atomic E-state index is 11.7. The van der Waals surface area contributed by atoms with Crippen LogP contribution in [-0.2, 0) is 7.05 Å². The summed E-state index contributed by atoms with van der Waals surface area (Å²) in [6.45, 7) is 0. The van der Waals surface area contributed by atoms with Gasteiger partial charge in [0.2, 0.25) is 11.8 Å². The van der Waals surface area contributed by atoms with Crippen LogP contribution in [0.5, 0.6) is 0 Å². The number of nitrogen functional groups attached to an aromatic ring is 1. The summed E-state index contributed by atoms with van der Waals surface area (Å²) in [4.78, 5) is 18.3. The van der Waals surface area contributed by atoms with Gasteiger partial charge in [-0.1, -0.05) is 0 Å². The highest BCUT2D eigenvalue weighted by Gasteiger charge is 2.21. The van der Waals surface area contributed by atoms with E-state index in [-0.39, 0.29) is 11.5 Å². The third kappa shape index (κ3) is 1.47. The molecule has 0 atom stereocenters. The van der Waals surface area contributed by atoms with Gasteiger partial charge in [0.15, 0.2) is 5.65 Å². The zero-order valence-corrected chi connectivity index (χ0v) is 9.90. The maximum Gasteiger partial charge on any atom is 0.262 e. The minimum Gasteiger partial charge on any atom is -0.369 e. The molecule has 0 spiro atoms. The van der Waals surface area contributed by atoms with Crippen molar-refractivity contribution in [3.05, 3.63) is 16.4 Å². The fourth-order valence-electron chi connectivity index (χ4n) is 1.85. The summed E-state index contributed by atoms with van der Waals surface area (Å²) in [5.41, 5.74) is 5.95. The molecule has 0 unspecified atom stereocenters. The fourth-order valence-corrected chi connectivity index (χ4v) is 1.85. The summed E-state index contributed by atoms with van der Waals surface area (Å²) in [7, 11) is 7.98. The van der Waals surface area contributed by atoms with Gasteiger partial charge in [-0.3, -0.25) is 18.8 Å². The third-order valence-electron chi connectivity index (χ3n) is 2.58. The standard InChI is InChI=1S/C10H15N5O/c1-14-7(15(2,3)4)5-6-8(14)12-10(11)13-9(6)16/h5H,1-4H3,(H2-,11,12,13,16)/p+1. The number of rotatable bonds is 1. The summed E-state index contributed by atoms with van der Waals surface area (Å²) in [5.74, 6) is 1.14. The molecule has 16 heavy (non-hydrogen) atoms. The molecule has 6 nitrogen and oxygen atoms in total.